The molecule has 1 amide bonds. The van der Waals surface area contributed by atoms with Gasteiger partial charge in [0, 0.05) is 12.5 Å². The lowest BCUT2D eigenvalue weighted by atomic mass is 9.88. The molecule has 0 aliphatic heterocycles. The van der Waals surface area contributed by atoms with Crippen molar-refractivity contribution >= 4 is 22.9 Å². The summed E-state index contributed by atoms with van der Waals surface area (Å²) in [5.74, 6) is -0.487. The van der Waals surface area contributed by atoms with E-state index in [9.17, 15) is 14.4 Å². The number of benzene rings is 1. The lowest BCUT2D eigenvalue weighted by Gasteiger charge is -2.26. The highest BCUT2D eigenvalue weighted by Crippen LogP contribution is 2.24. The molecule has 3 rings (SSSR count). The summed E-state index contributed by atoms with van der Waals surface area (Å²) in [6.07, 6.45) is 5.63. The molecule has 29 heavy (non-hydrogen) atoms. The number of hydrogen-bond acceptors (Lipinski definition) is 4. The van der Waals surface area contributed by atoms with E-state index in [1.54, 1.807) is 4.57 Å². The molecule has 1 aliphatic carbocycles. The van der Waals surface area contributed by atoms with Crippen LogP contribution in [0, 0.1) is 11.8 Å². The molecule has 1 atom stereocenters. The second-order valence-corrected chi connectivity index (χ2v) is 8.19. The minimum Gasteiger partial charge on any atom is -0.464 e. The topological polar surface area (TPSA) is 93.2 Å². The number of nitrogens with one attached hydrogen (secondary N) is 2. The van der Waals surface area contributed by atoms with Gasteiger partial charge in [-0.3, -0.25) is 9.36 Å². The maximum absolute atomic E-state index is 12.5. The van der Waals surface area contributed by atoms with Crippen molar-refractivity contribution < 1.29 is 14.3 Å². The molecular formula is C22H31N3O4. The van der Waals surface area contributed by atoms with Crippen LogP contribution < -0.4 is 11.0 Å². The van der Waals surface area contributed by atoms with E-state index in [0.717, 1.165) is 36.7 Å². The summed E-state index contributed by atoms with van der Waals surface area (Å²) in [6.45, 7) is 4.46. The molecule has 0 unspecified atom stereocenters. The minimum absolute atomic E-state index is 0.00606. The van der Waals surface area contributed by atoms with Crippen molar-refractivity contribution in [1.29, 1.82) is 0 Å². The molecular weight excluding hydrogens is 370 g/mol. The van der Waals surface area contributed by atoms with Crippen LogP contribution in [0.15, 0.2) is 29.1 Å². The highest BCUT2D eigenvalue weighted by Gasteiger charge is 2.29. The van der Waals surface area contributed by atoms with Gasteiger partial charge in [-0.25, -0.2) is 9.59 Å². The highest BCUT2D eigenvalue weighted by molar-refractivity contribution is 5.86. The Balaban J connectivity index is 1.50. The fourth-order valence-corrected chi connectivity index (χ4v) is 3.95. The standard InChI is InChI=1S/C22H31N3O4/c1-15(2)19(24-20(26)16-9-4-3-5-10-16)21(27)29-14-8-13-25-18-12-7-6-11-17(18)23-22(25)28/h6-7,11-12,15-16,19H,3-5,8-10,13-14H2,1-2H3,(H,23,28)(H,24,26)/t19-/m1/s1. The van der Waals surface area contributed by atoms with Crippen molar-refractivity contribution in [2.24, 2.45) is 11.8 Å². The van der Waals surface area contributed by atoms with E-state index in [1.165, 1.54) is 6.42 Å². The van der Waals surface area contributed by atoms with E-state index in [1.807, 2.05) is 38.1 Å². The maximum Gasteiger partial charge on any atom is 0.328 e. The molecule has 1 aromatic heterocycles. The van der Waals surface area contributed by atoms with Gasteiger partial charge < -0.3 is 15.0 Å². The van der Waals surface area contributed by atoms with Gasteiger partial charge in [0.1, 0.15) is 6.04 Å². The summed E-state index contributed by atoms with van der Waals surface area (Å²) in [4.78, 5) is 39.9. The predicted octanol–water partition coefficient (Wildman–Crippen LogP) is 2.98. The monoisotopic (exact) mass is 401 g/mol. The summed E-state index contributed by atoms with van der Waals surface area (Å²) >= 11 is 0. The molecule has 0 radical (unpaired) electrons. The zero-order valence-corrected chi connectivity index (χ0v) is 17.3. The predicted molar refractivity (Wildman–Crippen MR) is 111 cm³/mol. The Hall–Kier alpha value is -2.57. The number of carbonyl (C=O) groups is 2. The van der Waals surface area contributed by atoms with Crippen LogP contribution in [-0.4, -0.2) is 34.1 Å². The Morgan fingerprint density at radius 1 is 1.21 bits per heavy atom. The molecule has 7 nitrogen and oxygen atoms in total. The Kier molecular flexibility index (Phi) is 7.12. The molecule has 1 aliphatic rings. The molecule has 158 valence electrons. The molecule has 2 aromatic rings. The zero-order valence-electron chi connectivity index (χ0n) is 17.3. The normalized spacial score (nSPS) is 16.1. The molecule has 2 N–H and O–H groups in total. The van der Waals surface area contributed by atoms with Gasteiger partial charge in [-0.05, 0) is 37.3 Å². The van der Waals surface area contributed by atoms with Crippen molar-refractivity contribution in [2.45, 2.75) is 65.0 Å². The van der Waals surface area contributed by atoms with E-state index in [0.29, 0.717) is 13.0 Å². The minimum atomic E-state index is -0.639. The van der Waals surface area contributed by atoms with Crippen molar-refractivity contribution in [3.8, 4) is 0 Å². The summed E-state index contributed by atoms with van der Waals surface area (Å²) in [6, 6.07) is 6.86. The molecule has 1 aromatic carbocycles. The first-order chi connectivity index (χ1) is 14.0. The van der Waals surface area contributed by atoms with Crippen molar-refractivity contribution in [3.63, 3.8) is 0 Å². The number of fused-ring (bicyclic) bond motifs is 1. The molecule has 1 heterocycles. The molecule has 0 bridgehead atoms. The first-order valence-electron chi connectivity index (χ1n) is 10.6. The molecule has 1 saturated carbocycles. The molecule has 0 spiro atoms. The van der Waals surface area contributed by atoms with Gasteiger partial charge in [0.25, 0.3) is 0 Å². The third kappa shape index (κ3) is 5.28. The van der Waals surface area contributed by atoms with Gasteiger partial charge in [0.15, 0.2) is 0 Å². The Morgan fingerprint density at radius 3 is 2.66 bits per heavy atom. The number of H-pyrrole nitrogens is 1. The van der Waals surface area contributed by atoms with E-state index in [2.05, 4.69) is 10.3 Å². The average molecular weight is 402 g/mol. The van der Waals surface area contributed by atoms with Crippen LogP contribution in [0.2, 0.25) is 0 Å². The van der Waals surface area contributed by atoms with Crippen molar-refractivity contribution in [3.05, 3.63) is 34.7 Å². The Bertz CT molecular complexity index is 893. The number of amides is 1. The number of imidazole rings is 1. The number of carbonyl (C=O) groups excluding carboxylic acids is 2. The zero-order chi connectivity index (χ0) is 20.8. The number of aryl methyl sites for hydroxylation is 1. The van der Waals surface area contributed by atoms with E-state index >= 15 is 0 Å². The third-order valence-electron chi connectivity index (χ3n) is 5.65. The summed E-state index contributed by atoms with van der Waals surface area (Å²) in [5.41, 5.74) is 1.46. The fourth-order valence-electron chi connectivity index (χ4n) is 3.95. The lowest BCUT2D eigenvalue weighted by Crippen LogP contribution is -2.47. The largest absolute Gasteiger partial charge is 0.464 e. The number of ether oxygens (including phenoxy) is 1. The average Bonchev–Trinajstić information content (AvgIpc) is 3.04. The summed E-state index contributed by atoms with van der Waals surface area (Å²) in [5, 5.41) is 2.90. The fraction of sp³-hybridized carbons (Fsp3) is 0.591. The van der Waals surface area contributed by atoms with Gasteiger partial charge in [-0.15, -0.1) is 0 Å². The SMILES string of the molecule is CC(C)[C@@H](NC(=O)C1CCCCC1)C(=O)OCCCn1c(=O)[nH]c2ccccc21. The van der Waals surface area contributed by atoms with E-state index < -0.39 is 12.0 Å². The number of esters is 1. The maximum atomic E-state index is 12.5. The van der Waals surface area contributed by atoms with Gasteiger partial charge in [0.05, 0.1) is 17.6 Å². The number of para-hydroxylation sites is 2. The second kappa shape index (κ2) is 9.76. The lowest BCUT2D eigenvalue weighted by molar-refractivity contribution is -0.150. The highest BCUT2D eigenvalue weighted by atomic mass is 16.5. The van der Waals surface area contributed by atoms with Crippen molar-refractivity contribution in [1.82, 2.24) is 14.9 Å². The van der Waals surface area contributed by atoms with Crippen LogP contribution >= 0.6 is 0 Å². The number of nitrogens with zero attached hydrogens (tertiary/aromatic N) is 1. The van der Waals surface area contributed by atoms with Gasteiger partial charge in [0.2, 0.25) is 5.91 Å². The number of aromatic amines is 1. The third-order valence-corrected chi connectivity index (χ3v) is 5.65. The Morgan fingerprint density at radius 2 is 1.93 bits per heavy atom. The first-order valence-corrected chi connectivity index (χ1v) is 10.6. The van der Waals surface area contributed by atoms with Gasteiger partial charge >= 0.3 is 11.7 Å². The van der Waals surface area contributed by atoms with Gasteiger partial charge in [-0.1, -0.05) is 45.2 Å². The van der Waals surface area contributed by atoms with Gasteiger partial charge in [-0.2, -0.15) is 0 Å². The number of aromatic nitrogens is 2. The Labute approximate surface area is 170 Å². The van der Waals surface area contributed by atoms with Crippen LogP contribution in [0.25, 0.3) is 11.0 Å². The quantitative estimate of drug-likeness (QED) is 0.525. The van der Waals surface area contributed by atoms with E-state index in [-0.39, 0.29) is 30.0 Å². The number of rotatable bonds is 8. The van der Waals surface area contributed by atoms with Crippen molar-refractivity contribution in [2.75, 3.05) is 6.61 Å². The van der Waals surface area contributed by atoms with Crippen LogP contribution in [0.1, 0.15) is 52.4 Å². The molecule has 7 heteroatoms. The van der Waals surface area contributed by atoms with Crippen LogP contribution in [0.4, 0.5) is 0 Å². The molecule has 1 fully saturated rings. The molecule has 0 saturated heterocycles. The van der Waals surface area contributed by atoms with Crippen LogP contribution in [-0.2, 0) is 20.9 Å². The van der Waals surface area contributed by atoms with Crippen LogP contribution in [0.3, 0.4) is 0 Å². The first kappa shape index (κ1) is 21.1. The van der Waals surface area contributed by atoms with E-state index in [4.69, 9.17) is 4.74 Å². The van der Waals surface area contributed by atoms with Crippen LogP contribution in [0.5, 0.6) is 0 Å². The second-order valence-electron chi connectivity index (χ2n) is 8.19. The smallest absolute Gasteiger partial charge is 0.328 e. The number of hydrogen-bond donors (Lipinski definition) is 2. The summed E-state index contributed by atoms with van der Waals surface area (Å²) < 4.78 is 7.07. The summed E-state index contributed by atoms with van der Waals surface area (Å²) in [7, 11) is 0.